The van der Waals surface area contributed by atoms with E-state index in [0.717, 1.165) is 13.0 Å². The Morgan fingerprint density at radius 1 is 1.44 bits per heavy atom. The van der Waals surface area contributed by atoms with Gasteiger partial charge >= 0.3 is 0 Å². The first-order valence-corrected chi connectivity index (χ1v) is 7.87. The van der Waals surface area contributed by atoms with Crippen LogP contribution in [0.3, 0.4) is 0 Å². The van der Waals surface area contributed by atoms with Gasteiger partial charge in [0.2, 0.25) is 0 Å². The molecule has 0 fully saturated rings. The van der Waals surface area contributed by atoms with Crippen LogP contribution >= 0.6 is 0 Å². The summed E-state index contributed by atoms with van der Waals surface area (Å²) in [5.41, 5.74) is 0.571. The average molecular weight is 271 g/mol. The van der Waals surface area contributed by atoms with E-state index in [4.69, 9.17) is 0 Å². The Bertz CT molecular complexity index is 542. The molecule has 0 aliphatic carbocycles. The van der Waals surface area contributed by atoms with E-state index in [1.807, 2.05) is 13.8 Å². The monoisotopic (exact) mass is 271 g/mol. The molecule has 3 nitrogen and oxygen atoms in total. The van der Waals surface area contributed by atoms with Crippen LogP contribution in [0.15, 0.2) is 23.1 Å². The quantitative estimate of drug-likeness (QED) is 0.917. The first kappa shape index (κ1) is 13.5. The molecule has 2 atom stereocenters. The van der Waals surface area contributed by atoms with Crippen molar-refractivity contribution < 1.29 is 12.8 Å². The Hall–Kier alpha value is -0.940. The van der Waals surface area contributed by atoms with Gasteiger partial charge in [-0.25, -0.2) is 12.8 Å². The highest BCUT2D eigenvalue weighted by atomic mass is 32.2. The third-order valence-electron chi connectivity index (χ3n) is 3.31. The van der Waals surface area contributed by atoms with Gasteiger partial charge in [0.1, 0.15) is 10.7 Å². The molecule has 1 aliphatic heterocycles. The number of halogens is 1. The largest absolute Gasteiger partial charge is 0.310 e. The van der Waals surface area contributed by atoms with Crippen LogP contribution in [0, 0.1) is 11.7 Å². The Labute approximate surface area is 107 Å². The summed E-state index contributed by atoms with van der Waals surface area (Å²) < 4.78 is 37.9. The molecule has 1 aliphatic rings. The van der Waals surface area contributed by atoms with E-state index in [1.54, 1.807) is 12.1 Å². The van der Waals surface area contributed by atoms with E-state index >= 15 is 0 Å². The van der Waals surface area contributed by atoms with Gasteiger partial charge in [-0.2, -0.15) is 0 Å². The van der Waals surface area contributed by atoms with E-state index in [9.17, 15) is 12.8 Å². The van der Waals surface area contributed by atoms with Gasteiger partial charge in [0.05, 0.1) is 5.75 Å². The first-order chi connectivity index (χ1) is 8.47. The molecule has 0 spiro atoms. The van der Waals surface area contributed by atoms with Crippen molar-refractivity contribution in [1.29, 1.82) is 0 Å². The number of nitrogens with one attached hydrogen (secondary N) is 1. The first-order valence-electron chi connectivity index (χ1n) is 6.22. The molecule has 5 heteroatoms. The van der Waals surface area contributed by atoms with E-state index in [0.29, 0.717) is 5.56 Å². The molecule has 0 bridgehead atoms. The zero-order valence-electron chi connectivity index (χ0n) is 10.6. The lowest BCUT2D eigenvalue weighted by molar-refractivity contribution is 0.389. The van der Waals surface area contributed by atoms with Gasteiger partial charge < -0.3 is 5.32 Å². The van der Waals surface area contributed by atoms with E-state index in [1.165, 1.54) is 6.07 Å². The summed E-state index contributed by atoms with van der Waals surface area (Å²) in [6, 6.07) is 4.41. The molecular weight excluding hydrogens is 253 g/mol. The Morgan fingerprint density at radius 3 is 2.83 bits per heavy atom. The SMILES string of the molecule is CCCNC1c2cccc(F)c2S(=O)(=O)CC1C. The molecule has 0 radical (unpaired) electrons. The molecule has 2 unspecified atom stereocenters. The average Bonchev–Trinajstić information content (AvgIpc) is 2.27. The van der Waals surface area contributed by atoms with Crippen LogP contribution in [-0.2, 0) is 9.84 Å². The second kappa shape index (κ2) is 4.97. The van der Waals surface area contributed by atoms with Crippen LogP contribution in [0.5, 0.6) is 0 Å². The van der Waals surface area contributed by atoms with Gasteiger partial charge in [0.15, 0.2) is 9.84 Å². The van der Waals surface area contributed by atoms with Gasteiger partial charge in [-0.3, -0.25) is 0 Å². The molecule has 2 rings (SSSR count). The zero-order valence-corrected chi connectivity index (χ0v) is 11.4. The van der Waals surface area contributed by atoms with Crippen molar-refractivity contribution in [1.82, 2.24) is 5.32 Å². The van der Waals surface area contributed by atoms with Gasteiger partial charge in [0, 0.05) is 6.04 Å². The van der Waals surface area contributed by atoms with Crippen LogP contribution in [0.4, 0.5) is 4.39 Å². The second-order valence-electron chi connectivity index (χ2n) is 4.85. The number of benzene rings is 1. The number of fused-ring (bicyclic) bond motifs is 1. The fourth-order valence-corrected chi connectivity index (χ4v) is 4.51. The second-order valence-corrected chi connectivity index (χ2v) is 6.82. The Balaban J connectivity index is 2.52. The summed E-state index contributed by atoms with van der Waals surface area (Å²) in [5.74, 6) is -0.680. The van der Waals surface area contributed by atoms with Crippen LogP contribution < -0.4 is 5.32 Å². The molecule has 0 saturated heterocycles. The van der Waals surface area contributed by atoms with Gasteiger partial charge in [-0.05, 0) is 30.5 Å². The summed E-state index contributed by atoms with van der Waals surface area (Å²) in [5, 5.41) is 3.31. The highest BCUT2D eigenvalue weighted by Crippen LogP contribution is 2.37. The lowest BCUT2D eigenvalue weighted by atomic mass is 9.95. The Morgan fingerprint density at radius 2 is 2.17 bits per heavy atom. The molecule has 18 heavy (non-hydrogen) atoms. The van der Waals surface area contributed by atoms with Gasteiger partial charge in [-0.15, -0.1) is 0 Å². The fourth-order valence-electron chi connectivity index (χ4n) is 2.54. The molecule has 0 saturated carbocycles. The molecule has 0 amide bonds. The third-order valence-corrected chi connectivity index (χ3v) is 5.33. The summed E-state index contributed by atoms with van der Waals surface area (Å²) in [6.07, 6.45) is 0.959. The highest BCUT2D eigenvalue weighted by molar-refractivity contribution is 7.91. The van der Waals surface area contributed by atoms with Crippen molar-refractivity contribution in [2.24, 2.45) is 5.92 Å². The van der Waals surface area contributed by atoms with Gasteiger partial charge in [0.25, 0.3) is 0 Å². The number of hydrogen-bond acceptors (Lipinski definition) is 3. The number of rotatable bonds is 3. The maximum atomic E-state index is 13.8. The standard InChI is InChI=1S/C13H18FNO2S/c1-3-7-15-12-9(2)8-18(16,17)13-10(12)5-4-6-11(13)14/h4-6,9,12,15H,3,7-8H2,1-2H3. The summed E-state index contributed by atoms with van der Waals surface area (Å²) in [6.45, 7) is 4.73. The molecule has 1 heterocycles. The third kappa shape index (κ3) is 2.29. The lowest BCUT2D eigenvalue weighted by Crippen LogP contribution is -2.37. The van der Waals surface area contributed by atoms with Crippen molar-refractivity contribution in [3.8, 4) is 0 Å². The summed E-state index contributed by atoms with van der Waals surface area (Å²) in [7, 11) is -3.49. The maximum Gasteiger partial charge on any atom is 0.181 e. The Kier molecular flexibility index (Phi) is 3.73. The predicted molar refractivity (Wildman–Crippen MR) is 68.7 cm³/mol. The van der Waals surface area contributed by atoms with Crippen LogP contribution in [-0.4, -0.2) is 20.7 Å². The molecular formula is C13H18FNO2S. The normalized spacial score (nSPS) is 25.7. The van der Waals surface area contributed by atoms with Crippen molar-refractivity contribution >= 4 is 9.84 Å². The minimum absolute atomic E-state index is 0.00230. The topological polar surface area (TPSA) is 46.2 Å². The van der Waals surface area contributed by atoms with Crippen LogP contribution in [0.2, 0.25) is 0 Å². The minimum atomic E-state index is -3.49. The van der Waals surface area contributed by atoms with Crippen molar-refractivity contribution in [2.45, 2.75) is 31.2 Å². The van der Waals surface area contributed by atoms with Crippen molar-refractivity contribution in [3.05, 3.63) is 29.6 Å². The molecule has 1 aromatic carbocycles. The molecule has 1 N–H and O–H groups in total. The summed E-state index contributed by atoms with van der Waals surface area (Å²) >= 11 is 0. The molecule has 1 aromatic rings. The maximum absolute atomic E-state index is 13.8. The minimum Gasteiger partial charge on any atom is -0.310 e. The smallest absolute Gasteiger partial charge is 0.181 e. The van der Waals surface area contributed by atoms with E-state index in [2.05, 4.69) is 5.32 Å². The fraction of sp³-hybridized carbons (Fsp3) is 0.538. The van der Waals surface area contributed by atoms with Crippen molar-refractivity contribution in [3.63, 3.8) is 0 Å². The molecule has 100 valence electrons. The summed E-state index contributed by atoms with van der Waals surface area (Å²) in [4.78, 5) is -0.114. The van der Waals surface area contributed by atoms with Crippen LogP contribution in [0.1, 0.15) is 31.9 Å². The number of sulfone groups is 1. The predicted octanol–water partition coefficient (Wildman–Crippen LogP) is 2.29. The van der Waals surface area contributed by atoms with E-state index < -0.39 is 15.7 Å². The number of hydrogen-bond donors (Lipinski definition) is 1. The van der Waals surface area contributed by atoms with E-state index in [-0.39, 0.29) is 22.6 Å². The highest BCUT2D eigenvalue weighted by Gasteiger charge is 2.37. The zero-order chi connectivity index (χ0) is 13.3. The lowest BCUT2D eigenvalue weighted by Gasteiger charge is -2.32. The van der Waals surface area contributed by atoms with Crippen molar-refractivity contribution in [2.75, 3.05) is 12.3 Å². The molecule has 0 aromatic heterocycles. The van der Waals surface area contributed by atoms with Crippen LogP contribution in [0.25, 0.3) is 0 Å². The van der Waals surface area contributed by atoms with Gasteiger partial charge in [-0.1, -0.05) is 26.0 Å².